The maximum Gasteiger partial charge on any atom is 0.160 e. The van der Waals surface area contributed by atoms with E-state index >= 15 is 0 Å². The maximum atomic E-state index is 5.25. The van der Waals surface area contributed by atoms with E-state index in [4.69, 9.17) is 9.97 Å². The Hall–Kier alpha value is -6.12. The first-order chi connectivity index (χ1) is 22.8. The zero-order valence-electron chi connectivity index (χ0n) is 24.9. The highest BCUT2D eigenvalue weighted by atomic mass is 14.9. The molecule has 212 valence electrons. The molecule has 2 heteroatoms. The van der Waals surface area contributed by atoms with Gasteiger partial charge in [0.2, 0.25) is 0 Å². The van der Waals surface area contributed by atoms with E-state index in [-0.39, 0.29) is 0 Å². The third kappa shape index (κ3) is 3.71. The van der Waals surface area contributed by atoms with E-state index in [0.717, 1.165) is 33.5 Å². The van der Waals surface area contributed by atoms with Crippen molar-refractivity contribution >= 4 is 75.7 Å². The second-order valence-corrected chi connectivity index (χ2v) is 12.1. The minimum Gasteiger partial charge on any atom is -0.228 e. The van der Waals surface area contributed by atoms with Gasteiger partial charge in [-0.2, -0.15) is 0 Å². The van der Waals surface area contributed by atoms with Crippen LogP contribution in [0.25, 0.3) is 98.2 Å². The predicted octanol–water partition coefficient (Wildman–Crippen LogP) is 11.9. The molecule has 0 unspecified atom stereocenters. The first-order valence-corrected chi connectivity index (χ1v) is 15.8. The van der Waals surface area contributed by atoms with E-state index < -0.39 is 0 Å². The van der Waals surface area contributed by atoms with E-state index in [0.29, 0.717) is 0 Å². The summed E-state index contributed by atoms with van der Waals surface area (Å²) in [5, 5.41) is 15.9. The van der Waals surface area contributed by atoms with Crippen molar-refractivity contribution in [2.75, 3.05) is 0 Å². The molecule has 0 bridgehead atoms. The molecule has 2 nitrogen and oxygen atoms in total. The van der Waals surface area contributed by atoms with Crippen LogP contribution >= 0.6 is 0 Å². The summed E-state index contributed by atoms with van der Waals surface area (Å²) >= 11 is 0. The third-order valence-corrected chi connectivity index (χ3v) is 9.64. The fraction of sp³-hybridized carbons (Fsp3) is 0. The molecule has 0 aliphatic heterocycles. The number of pyridine rings is 2. The van der Waals surface area contributed by atoms with Crippen molar-refractivity contribution in [3.8, 4) is 22.5 Å². The molecule has 0 aliphatic carbocycles. The van der Waals surface area contributed by atoms with E-state index in [9.17, 15) is 0 Å². The smallest absolute Gasteiger partial charge is 0.160 e. The van der Waals surface area contributed by atoms with Gasteiger partial charge in [-0.15, -0.1) is 0 Å². The lowest BCUT2D eigenvalue weighted by molar-refractivity contribution is 1.29. The lowest BCUT2D eigenvalue weighted by atomic mass is 9.92. The predicted molar refractivity (Wildman–Crippen MR) is 195 cm³/mol. The molecular formula is C44H26N2. The molecule has 0 radical (unpaired) electrons. The Bertz CT molecular complexity index is 2670. The molecule has 0 fully saturated rings. The molecule has 46 heavy (non-hydrogen) atoms. The van der Waals surface area contributed by atoms with Crippen LogP contribution in [-0.4, -0.2) is 9.97 Å². The van der Waals surface area contributed by atoms with Gasteiger partial charge in [0.05, 0.1) is 11.4 Å². The second kappa shape index (κ2) is 9.69. The van der Waals surface area contributed by atoms with Gasteiger partial charge >= 0.3 is 0 Å². The summed E-state index contributed by atoms with van der Waals surface area (Å²) in [7, 11) is 0. The second-order valence-electron chi connectivity index (χ2n) is 12.1. The van der Waals surface area contributed by atoms with Gasteiger partial charge in [0, 0.05) is 16.5 Å². The van der Waals surface area contributed by atoms with Crippen LogP contribution in [0.4, 0.5) is 0 Å². The van der Waals surface area contributed by atoms with Crippen LogP contribution in [0.1, 0.15) is 0 Å². The van der Waals surface area contributed by atoms with Crippen LogP contribution in [0.5, 0.6) is 0 Å². The summed E-state index contributed by atoms with van der Waals surface area (Å²) in [4.78, 5) is 10.5. The van der Waals surface area contributed by atoms with Gasteiger partial charge in [0.25, 0.3) is 0 Å². The first-order valence-electron chi connectivity index (χ1n) is 15.8. The zero-order valence-corrected chi connectivity index (χ0v) is 24.9. The van der Waals surface area contributed by atoms with Crippen molar-refractivity contribution in [3.05, 3.63) is 158 Å². The molecule has 0 spiro atoms. The Morgan fingerprint density at radius 3 is 1.11 bits per heavy atom. The normalized spacial score (nSPS) is 11.9. The van der Waals surface area contributed by atoms with Gasteiger partial charge < -0.3 is 0 Å². The average molecular weight is 583 g/mol. The standard InChI is InChI=1S/C44H26N2/c1-3-11-30-27(9-1)17-21-36-32-13-5-7-15-34(32)40(25-38(30)36)42-23-19-29-20-24-43(46-44(29)45-42)41-26-39-31-12-4-2-10-28(31)18-22-37(39)33-14-6-8-16-35(33)41/h1-26H. The van der Waals surface area contributed by atoms with Gasteiger partial charge in [-0.25, -0.2) is 9.97 Å². The van der Waals surface area contributed by atoms with Gasteiger partial charge in [0.15, 0.2) is 5.65 Å². The fourth-order valence-electron chi connectivity index (χ4n) is 7.44. The molecule has 2 heterocycles. The van der Waals surface area contributed by atoms with E-state index in [2.05, 4.69) is 158 Å². The monoisotopic (exact) mass is 582 g/mol. The molecule has 8 aromatic carbocycles. The van der Waals surface area contributed by atoms with Crippen LogP contribution in [-0.2, 0) is 0 Å². The molecule has 10 rings (SSSR count). The molecular weight excluding hydrogens is 556 g/mol. The molecule has 0 amide bonds. The highest BCUT2D eigenvalue weighted by molar-refractivity contribution is 6.22. The van der Waals surface area contributed by atoms with Crippen molar-refractivity contribution in [2.24, 2.45) is 0 Å². The molecule has 10 aromatic rings. The molecule has 0 N–H and O–H groups in total. The summed E-state index contributed by atoms with van der Waals surface area (Å²) in [6, 6.07) is 56.8. The number of nitrogens with zero attached hydrogens (tertiary/aromatic N) is 2. The third-order valence-electron chi connectivity index (χ3n) is 9.64. The van der Waals surface area contributed by atoms with Gasteiger partial charge in [-0.05, 0) is 101 Å². The highest BCUT2D eigenvalue weighted by Gasteiger charge is 2.15. The Balaban J connectivity index is 1.22. The van der Waals surface area contributed by atoms with Crippen molar-refractivity contribution in [1.29, 1.82) is 0 Å². The molecule has 2 aromatic heterocycles. The van der Waals surface area contributed by atoms with E-state index in [1.54, 1.807) is 0 Å². The Morgan fingerprint density at radius 2 is 0.630 bits per heavy atom. The maximum absolute atomic E-state index is 5.25. The van der Waals surface area contributed by atoms with Crippen LogP contribution in [0, 0.1) is 0 Å². The summed E-state index contributed by atoms with van der Waals surface area (Å²) in [5.74, 6) is 0. The fourth-order valence-corrected chi connectivity index (χ4v) is 7.44. The number of fused-ring (bicyclic) bond motifs is 11. The zero-order chi connectivity index (χ0) is 30.2. The summed E-state index contributed by atoms with van der Waals surface area (Å²) in [6.07, 6.45) is 0. The number of aromatic nitrogens is 2. The SMILES string of the molecule is c1ccc2c(c1)ccc1c3ccccc3c(-c3ccc4ccc(-c5cc6c7ccccc7ccc6c6ccccc56)nc4n3)cc21. The van der Waals surface area contributed by atoms with Gasteiger partial charge in [-0.1, -0.05) is 121 Å². The molecule has 0 aliphatic rings. The van der Waals surface area contributed by atoms with Crippen molar-refractivity contribution in [3.63, 3.8) is 0 Å². The Morgan fingerprint density at radius 1 is 0.261 bits per heavy atom. The summed E-state index contributed by atoms with van der Waals surface area (Å²) in [5.41, 5.74) is 4.85. The topological polar surface area (TPSA) is 25.8 Å². The Kier molecular flexibility index (Phi) is 5.31. The van der Waals surface area contributed by atoms with Crippen molar-refractivity contribution in [1.82, 2.24) is 9.97 Å². The minimum absolute atomic E-state index is 0.749. The number of hydrogen-bond donors (Lipinski definition) is 0. The van der Waals surface area contributed by atoms with Crippen molar-refractivity contribution < 1.29 is 0 Å². The molecule has 0 atom stereocenters. The minimum atomic E-state index is 0.749. The van der Waals surface area contributed by atoms with Crippen LogP contribution in [0.3, 0.4) is 0 Å². The number of benzene rings is 8. The molecule has 0 saturated heterocycles. The van der Waals surface area contributed by atoms with Crippen molar-refractivity contribution in [2.45, 2.75) is 0 Å². The van der Waals surface area contributed by atoms with Crippen LogP contribution in [0.2, 0.25) is 0 Å². The van der Waals surface area contributed by atoms with E-state index in [1.807, 2.05) is 0 Å². The lowest BCUT2D eigenvalue weighted by Crippen LogP contribution is -1.93. The molecule has 0 saturated carbocycles. The summed E-state index contributed by atoms with van der Waals surface area (Å²) in [6.45, 7) is 0. The highest BCUT2D eigenvalue weighted by Crippen LogP contribution is 2.40. The Labute approximate surface area is 265 Å². The van der Waals surface area contributed by atoms with Gasteiger partial charge in [0.1, 0.15) is 0 Å². The first kappa shape index (κ1) is 25.2. The quantitative estimate of drug-likeness (QED) is 0.190. The van der Waals surface area contributed by atoms with Crippen LogP contribution in [0.15, 0.2) is 158 Å². The van der Waals surface area contributed by atoms with E-state index in [1.165, 1.54) is 64.6 Å². The van der Waals surface area contributed by atoms with Crippen LogP contribution < -0.4 is 0 Å². The summed E-state index contributed by atoms with van der Waals surface area (Å²) < 4.78 is 0. The number of hydrogen-bond acceptors (Lipinski definition) is 2. The number of rotatable bonds is 2. The largest absolute Gasteiger partial charge is 0.228 e. The average Bonchev–Trinajstić information content (AvgIpc) is 3.13. The van der Waals surface area contributed by atoms with Gasteiger partial charge in [-0.3, -0.25) is 0 Å². The lowest BCUT2D eigenvalue weighted by Gasteiger charge is -2.14.